The third-order valence-corrected chi connectivity index (χ3v) is 2.30. The van der Waals surface area contributed by atoms with Gasteiger partial charge in [0.25, 0.3) is 0 Å². The third kappa shape index (κ3) is 1.80. The fourth-order valence-corrected chi connectivity index (χ4v) is 1.43. The van der Waals surface area contributed by atoms with Crippen molar-refractivity contribution in [1.82, 2.24) is 5.32 Å². The largest absolute Gasteiger partial charge is 0.389 e. The van der Waals surface area contributed by atoms with Crippen LogP contribution >= 0.6 is 0 Å². The predicted octanol–water partition coefficient (Wildman–Crippen LogP) is -3.09. The average Bonchev–Trinajstić information content (AvgIpc) is 2.07. The SMILES string of the molecule is C[C@@H]1N[C@@H](C(N)=O)[C@H](O)[C@H](O)[C@H]1O. The standard InChI is InChI=1S/C7H14N2O4/c1-2-4(10)6(12)5(11)3(9-2)7(8)13/h2-6,9-12H,1H3,(H2,8,13)/t2-,3+,4-,5-,6+/m0/s1. The van der Waals surface area contributed by atoms with Crippen LogP contribution in [-0.4, -0.2) is 51.6 Å². The van der Waals surface area contributed by atoms with Gasteiger partial charge in [-0.1, -0.05) is 0 Å². The number of aliphatic hydroxyl groups excluding tert-OH is 3. The number of primary amides is 1. The molecule has 1 amide bonds. The molecule has 0 unspecified atom stereocenters. The van der Waals surface area contributed by atoms with Crippen LogP contribution in [0.3, 0.4) is 0 Å². The van der Waals surface area contributed by atoms with Crippen molar-refractivity contribution in [3.8, 4) is 0 Å². The number of nitrogens with one attached hydrogen (secondary N) is 1. The van der Waals surface area contributed by atoms with Gasteiger partial charge >= 0.3 is 0 Å². The maximum absolute atomic E-state index is 10.8. The molecule has 0 aromatic rings. The van der Waals surface area contributed by atoms with E-state index >= 15 is 0 Å². The maximum atomic E-state index is 10.8. The molecule has 0 aliphatic carbocycles. The van der Waals surface area contributed by atoms with E-state index in [9.17, 15) is 20.1 Å². The molecule has 6 N–H and O–H groups in total. The first-order chi connectivity index (χ1) is 5.95. The van der Waals surface area contributed by atoms with E-state index in [0.29, 0.717) is 0 Å². The minimum absolute atomic E-state index is 0.476. The van der Waals surface area contributed by atoms with Crippen molar-refractivity contribution in [2.24, 2.45) is 5.73 Å². The Bertz CT molecular complexity index is 211. The normalized spacial score (nSPS) is 46.0. The van der Waals surface area contributed by atoms with Crippen molar-refractivity contribution >= 4 is 5.91 Å². The number of amides is 1. The van der Waals surface area contributed by atoms with Gasteiger partial charge in [-0.05, 0) is 6.92 Å². The molecular weight excluding hydrogens is 176 g/mol. The molecule has 1 aliphatic rings. The Morgan fingerprint density at radius 2 is 1.77 bits per heavy atom. The lowest BCUT2D eigenvalue weighted by Gasteiger charge is -2.38. The number of carbonyl (C=O) groups excluding carboxylic acids is 1. The number of aliphatic hydroxyl groups is 3. The minimum Gasteiger partial charge on any atom is -0.389 e. The second kappa shape index (κ2) is 3.59. The summed E-state index contributed by atoms with van der Waals surface area (Å²) in [4.78, 5) is 10.8. The average molecular weight is 190 g/mol. The van der Waals surface area contributed by atoms with Crippen molar-refractivity contribution in [3.63, 3.8) is 0 Å². The van der Waals surface area contributed by atoms with E-state index in [1.807, 2.05) is 0 Å². The quantitative estimate of drug-likeness (QED) is 0.300. The summed E-state index contributed by atoms with van der Waals surface area (Å²) in [5.41, 5.74) is 4.97. The Morgan fingerprint density at radius 1 is 1.23 bits per heavy atom. The Balaban J connectivity index is 2.76. The maximum Gasteiger partial charge on any atom is 0.237 e. The summed E-state index contributed by atoms with van der Waals surface area (Å²) >= 11 is 0. The summed E-state index contributed by atoms with van der Waals surface area (Å²) < 4.78 is 0. The highest BCUT2D eigenvalue weighted by Gasteiger charge is 2.42. The summed E-state index contributed by atoms with van der Waals surface area (Å²) in [6, 6.07) is -1.48. The molecule has 6 heteroatoms. The zero-order valence-electron chi connectivity index (χ0n) is 7.21. The van der Waals surface area contributed by atoms with Crippen LogP contribution in [0, 0.1) is 0 Å². The highest BCUT2D eigenvalue weighted by Crippen LogP contribution is 2.14. The molecule has 1 fully saturated rings. The van der Waals surface area contributed by atoms with Gasteiger partial charge in [-0.3, -0.25) is 10.1 Å². The highest BCUT2D eigenvalue weighted by molar-refractivity contribution is 5.80. The lowest BCUT2D eigenvalue weighted by Crippen LogP contribution is -2.67. The van der Waals surface area contributed by atoms with Gasteiger partial charge in [0.2, 0.25) is 5.91 Å². The second-order valence-corrected chi connectivity index (χ2v) is 3.31. The lowest BCUT2D eigenvalue weighted by molar-refractivity contribution is -0.139. The zero-order valence-corrected chi connectivity index (χ0v) is 7.21. The van der Waals surface area contributed by atoms with Gasteiger partial charge < -0.3 is 21.1 Å². The molecule has 6 nitrogen and oxygen atoms in total. The molecule has 5 atom stereocenters. The van der Waals surface area contributed by atoms with E-state index in [1.54, 1.807) is 6.92 Å². The van der Waals surface area contributed by atoms with Crippen LogP contribution in [0.4, 0.5) is 0 Å². The molecule has 0 aromatic heterocycles. The van der Waals surface area contributed by atoms with Gasteiger partial charge in [0.1, 0.15) is 18.2 Å². The molecule has 1 heterocycles. The van der Waals surface area contributed by atoms with E-state index in [-0.39, 0.29) is 0 Å². The number of piperidine rings is 1. The second-order valence-electron chi connectivity index (χ2n) is 3.31. The third-order valence-electron chi connectivity index (χ3n) is 2.30. The summed E-state index contributed by atoms with van der Waals surface area (Å²) in [5.74, 6) is -0.745. The monoisotopic (exact) mass is 190 g/mol. The molecular formula is C7H14N2O4. The molecule has 13 heavy (non-hydrogen) atoms. The van der Waals surface area contributed by atoms with Gasteiger partial charge in [-0.25, -0.2) is 0 Å². The van der Waals surface area contributed by atoms with Crippen LogP contribution in [0.15, 0.2) is 0 Å². The van der Waals surface area contributed by atoms with Crippen LogP contribution in [0.2, 0.25) is 0 Å². The molecule has 0 radical (unpaired) electrons. The van der Waals surface area contributed by atoms with Crippen molar-refractivity contribution in [2.75, 3.05) is 0 Å². The summed E-state index contributed by atoms with van der Waals surface area (Å²) in [7, 11) is 0. The van der Waals surface area contributed by atoms with Crippen LogP contribution in [0.1, 0.15) is 6.92 Å². The number of rotatable bonds is 1. The summed E-state index contributed by atoms with van der Waals surface area (Å²) in [6.45, 7) is 1.59. The Kier molecular flexibility index (Phi) is 2.87. The van der Waals surface area contributed by atoms with E-state index in [0.717, 1.165) is 0 Å². The predicted molar refractivity (Wildman–Crippen MR) is 43.6 cm³/mol. The number of hydrogen-bond donors (Lipinski definition) is 5. The molecule has 0 aromatic carbocycles. The number of carbonyl (C=O) groups is 1. The van der Waals surface area contributed by atoms with Gasteiger partial charge in [-0.2, -0.15) is 0 Å². The van der Waals surface area contributed by atoms with Crippen molar-refractivity contribution < 1.29 is 20.1 Å². The molecule has 76 valence electrons. The van der Waals surface area contributed by atoms with Crippen LogP contribution in [0.5, 0.6) is 0 Å². The fraction of sp³-hybridized carbons (Fsp3) is 0.857. The van der Waals surface area contributed by atoms with E-state index in [1.165, 1.54) is 0 Å². The zero-order chi connectivity index (χ0) is 10.2. The van der Waals surface area contributed by atoms with Gasteiger partial charge in [0, 0.05) is 6.04 Å². The molecule has 0 spiro atoms. The molecule has 1 saturated heterocycles. The number of hydrogen-bond acceptors (Lipinski definition) is 5. The van der Waals surface area contributed by atoms with Crippen LogP contribution in [0.25, 0.3) is 0 Å². The summed E-state index contributed by atoms with van der Waals surface area (Å²) in [6.07, 6.45) is -3.79. The first-order valence-electron chi connectivity index (χ1n) is 4.04. The first-order valence-corrected chi connectivity index (χ1v) is 4.04. The Hall–Kier alpha value is -0.690. The number of nitrogens with two attached hydrogens (primary N) is 1. The van der Waals surface area contributed by atoms with Crippen molar-refractivity contribution in [3.05, 3.63) is 0 Å². The Labute approximate surface area is 75.4 Å². The highest BCUT2D eigenvalue weighted by atomic mass is 16.4. The van der Waals surface area contributed by atoms with E-state index in [4.69, 9.17) is 5.73 Å². The first kappa shape index (κ1) is 10.4. The van der Waals surface area contributed by atoms with E-state index < -0.39 is 36.3 Å². The Morgan fingerprint density at radius 3 is 2.23 bits per heavy atom. The van der Waals surface area contributed by atoms with Crippen LogP contribution in [-0.2, 0) is 4.79 Å². The molecule has 0 bridgehead atoms. The van der Waals surface area contributed by atoms with Gasteiger partial charge in [0.05, 0.1) is 6.10 Å². The lowest BCUT2D eigenvalue weighted by atomic mass is 9.91. The molecule has 0 saturated carbocycles. The van der Waals surface area contributed by atoms with Crippen LogP contribution < -0.4 is 11.1 Å². The fourth-order valence-electron chi connectivity index (χ4n) is 1.43. The van der Waals surface area contributed by atoms with Crippen molar-refractivity contribution in [1.29, 1.82) is 0 Å². The van der Waals surface area contributed by atoms with Gasteiger partial charge in [0.15, 0.2) is 0 Å². The minimum atomic E-state index is -1.36. The topological polar surface area (TPSA) is 116 Å². The summed E-state index contributed by atoms with van der Waals surface area (Å²) in [5, 5.41) is 30.5. The van der Waals surface area contributed by atoms with E-state index in [2.05, 4.69) is 5.32 Å². The smallest absolute Gasteiger partial charge is 0.237 e. The van der Waals surface area contributed by atoms with Crippen molar-refractivity contribution in [2.45, 2.75) is 37.3 Å². The molecule has 1 rings (SSSR count). The van der Waals surface area contributed by atoms with Gasteiger partial charge in [-0.15, -0.1) is 0 Å². The molecule has 1 aliphatic heterocycles.